The summed E-state index contributed by atoms with van der Waals surface area (Å²) in [5.41, 5.74) is 11.7. The zero-order chi connectivity index (χ0) is 20.4. The number of benzene rings is 1. The second-order valence-corrected chi connectivity index (χ2v) is 7.26. The zero-order valence-electron chi connectivity index (χ0n) is 16.2. The summed E-state index contributed by atoms with van der Waals surface area (Å²) in [5.74, 6) is -0.799. The van der Waals surface area contributed by atoms with Gasteiger partial charge in [0.1, 0.15) is 11.6 Å². The highest BCUT2D eigenvalue weighted by Crippen LogP contribution is 2.08. The van der Waals surface area contributed by atoms with E-state index in [0.29, 0.717) is 37.9 Å². The van der Waals surface area contributed by atoms with Gasteiger partial charge in [0.05, 0.1) is 0 Å². The maximum atomic E-state index is 12.1. The molecule has 0 bridgehead atoms. The van der Waals surface area contributed by atoms with Gasteiger partial charge >= 0.3 is 6.09 Å². The molecule has 0 aliphatic heterocycles. The number of nitrogens with two attached hydrogens (primary N) is 2. The lowest BCUT2D eigenvalue weighted by molar-refractivity contribution is -0.120. The van der Waals surface area contributed by atoms with E-state index in [1.807, 2.05) is 6.07 Å². The van der Waals surface area contributed by atoms with E-state index in [0.717, 1.165) is 5.56 Å². The van der Waals surface area contributed by atoms with Gasteiger partial charge in [0.25, 0.3) is 5.91 Å². The van der Waals surface area contributed by atoms with Crippen molar-refractivity contribution in [3.8, 4) is 0 Å². The van der Waals surface area contributed by atoms with Crippen LogP contribution in [-0.2, 0) is 16.1 Å². The molecule has 1 aromatic carbocycles. The van der Waals surface area contributed by atoms with Gasteiger partial charge in [0.2, 0.25) is 5.91 Å². The summed E-state index contributed by atoms with van der Waals surface area (Å²) >= 11 is 0. The molecule has 150 valence electrons. The number of alkyl carbamates (subject to hydrolysis) is 1. The number of hydrogen-bond acceptors (Lipinski definition) is 5. The molecule has 0 saturated heterocycles. The van der Waals surface area contributed by atoms with Crippen molar-refractivity contribution in [2.45, 2.75) is 58.2 Å². The molecule has 0 aliphatic carbocycles. The van der Waals surface area contributed by atoms with Crippen molar-refractivity contribution in [1.82, 2.24) is 10.6 Å². The predicted octanol–water partition coefficient (Wildman–Crippen LogP) is 1.42. The first-order valence-corrected chi connectivity index (χ1v) is 8.98. The van der Waals surface area contributed by atoms with Crippen LogP contribution in [0.1, 0.15) is 56.0 Å². The summed E-state index contributed by atoms with van der Waals surface area (Å²) in [6, 6.07) is 6.32. The number of amides is 3. The Kier molecular flexibility index (Phi) is 8.74. The molecule has 1 rings (SSSR count). The summed E-state index contributed by atoms with van der Waals surface area (Å²) < 4.78 is 5.12. The molecule has 0 aromatic heterocycles. The summed E-state index contributed by atoms with van der Waals surface area (Å²) in [4.78, 5) is 35.3. The Morgan fingerprint density at radius 2 is 1.89 bits per heavy atom. The molecular weight excluding hydrogens is 348 g/mol. The van der Waals surface area contributed by atoms with Crippen LogP contribution in [0.2, 0.25) is 0 Å². The fourth-order valence-electron chi connectivity index (χ4n) is 2.35. The molecule has 3 amide bonds. The Balaban J connectivity index is 2.36. The van der Waals surface area contributed by atoms with E-state index in [-0.39, 0.29) is 5.91 Å². The molecule has 0 heterocycles. The topological polar surface area (TPSA) is 137 Å². The quantitative estimate of drug-likeness (QED) is 0.482. The lowest BCUT2D eigenvalue weighted by Crippen LogP contribution is -2.46. The predicted molar refractivity (Wildman–Crippen MR) is 103 cm³/mol. The Morgan fingerprint density at radius 1 is 1.19 bits per heavy atom. The molecule has 0 aliphatic rings. The Bertz CT molecular complexity index is 655. The minimum atomic E-state index is -0.809. The lowest BCUT2D eigenvalue weighted by atomic mass is 10.1. The van der Waals surface area contributed by atoms with Crippen molar-refractivity contribution in [2.75, 3.05) is 6.54 Å². The van der Waals surface area contributed by atoms with Crippen molar-refractivity contribution in [3.05, 3.63) is 35.4 Å². The molecule has 27 heavy (non-hydrogen) atoms. The molecule has 1 aromatic rings. The number of primary amides is 1. The molecule has 1 atom stereocenters. The first-order valence-electron chi connectivity index (χ1n) is 8.98. The third-order valence-corrected chi connectivity index (χ3v) is 3.66. The Hall–Kier alpha value is -2.61. The minimum absolute atomic E-state index is 0.177. The van der Waals surface area contributed by atoms with Crippen LogP contribution in [0.4, 0.5) is 4.79 Å². The fourth-order valence-corrected chi connectivity index (χ4v) is 2.35. The molecule has 0 radical (unpaired) electrons. The van der Waals surface area contributed by atoms with E-state index in [1.165, 1.54) is 0 Å². The first-order chi connectivity index (χ1) is 12.6. The highest BCUT2D eigenvalue weighted by Gasteiger charge is 2.22. The van der Waals surface area contributed by atoms with Crippen LogP contribution in [0.5, 0.6) is 0 Å². The Morgan fingerprint density at radius 3 is 2.48 bits per heavy atom. The third kappa shape index (κ3) is 9.05. The van der Waals surface area contributed by atoms with Crippen LogP contribution in [0.15, 0.2) is 24.3 Å². The molecule has 0 saturated carbocycles. The number of carbonyl (C=O) groups is 3. The van der Waals surface area contributed by atoms with Crippen LogP contribution in [0, 0.1) is 0 Å². The van der Waals surface area contributed by atoms with Crippen LogP contribution in [0.25, 0.3) is 0 Å². The number of ether oxygens (including phenoxy) is 1. The summed E-state index contributed by atoms with van der Waals surface area (Å²) in [6.45, 7) is 6.02. The van der Waals surface area contributed by atoms with Gasteiger partial charge in [0, 0.05) is 18.7 Å². The van der Waals surface area contributed by atoms with Crippen molar-refractivity contribution in [2.24, 2.45) is 11.5 Å². The number of nitrogens with one attached hydrogen (secondary N) is 2. The lowest BCUT2D eigenvalue weighted by Gasteiger charge is -2.22. The largest absolute Gasteiger partial charge is 0.444 e. The highest BCUT2D eigenvalue weighted by molar-refractivity contribution is 5.94. The first kappa shape index (κ1) is 22.4. The van der Waals surface area contributed by atoms with E-state index >= 15 is 0 Å². The second-order valence-electron chi connectivity index (χ2n) is 7.26. The monoisotopic (exact) mass is 378 g/mol. The number of unbranched alkanes of at least 4 members (excludes halogenated alkanes) is 1. The molecule has 0 fully saturated rings. The van der Waals surface area contributed by atoms with Crippen molar-refractivity contribution in [1.29, 1.82) is 0 Å². The summed E-state index contributed by atoms with van der Waals surface area (Å²) in [5, 5.41) is 5.29. The summed E-state index contributed by atoms with van der Waals surface area (Å²) in [6.07, 6.45) is 0.932. The van der Waals surface area contributed by atoms with E-state index in [2.05, 4.69) is 10.6 Å². The third-order valence-electron chi connectivity index (χ3n) is 3.66. The zero-order valence-corrected chi connectivity index (χ0v) is 16.2. The van der Waals surface area contributed by atoms with E-state index in [4.69, 9.17) is 16.2 Å². The van der Waals surface area contributed by atoms with E-state index < -0.39 is 23.6 Å². The number of rotatable bonds is 9. The van der Waals surface area contributed by atoms with Crippen molar-refractivity contribution in [3.63, 3.8) is 0 Å². The molecular formula is C19H30N4O4. The SMILES string of the molecule is CC(C)(C)OC(=O)NC(CCCCNC(=O)c1cccc(CN)c1)C(N)=O. The van der Waals surface area contributed by atoms with Gasteiger partial charge in [-0.2, -0.15) is 0 Å². The maximum absolute atomic E-state index is 12.1. The number of carbonyl (C=O) groups excluding carboxylic acids is 3. The average Bonchev–Trinajstić information content (AvgIpc) is 2.58. The van der Waals surface area contributed by atoms with Crippen LogP contribution in [-0.4, -0.2) is 36.1 Å². The normalized spacial score (nSPS) is 12.1. The van der Waals surface area contributed by atoms with Gasteiger partial charge in [-0.25, -0.2) is 4.79 Å². The summed E-state index contributed by atoms with van der Waals surface area (Å²) in [7, 11) is 0. The van der Waals surface area contributed by atoms with Gasteiger partial charge in [-0.15, -0.1) is 0 Å². The van der Waals surface area contributed by atoms with Gasteiger partial charge < -0.3 is 26.8 Å². The average molecular weight is 378 g/mol. The van der Waals surface area contributed by atoms with Crippen LogP contribution >= 0.6 is 0 Å². The van der Waals surface area contributed by atoms with Crippen molar-refractivity contribution >= 4 is 17.9 Å². The van der Waals surface area contributed by atoms with E-state index in [1.54, 1.807) is 39.0 Å². The maximum Gasteiger partial charge on any atom is 0.408 e. The highest BCUT2D eigenvalue weighted by atomic mass is 16.6. The Labute approximate surface area is 160 Å². The van der Waals surface area contributed by atoms with Crippen molar-refractivity contribution < 1.29 is 19.1 Å². The molecule has 8 heteroatoms. The van der Waals surface area contributed by atoms with Gasteiger partial charge in [0.15, 0.2) is 0 Å². The van der Waals surface area contributed by atoms with E-state index in [9.17, 15) is 14.4 Å². The van der Waals surface area contributed by atoms with Gasteiger partial charge in [-0.05, 0) is 57.7 Å². The second kappa shape index (κ2) is 10.5. The molecule has 6 N–H and O–H groups in total. The minimum Gasteiger partial charge on any atom is -0.444 e. The molecule has 8 nitrogen and oxygen atoms in total. The molecule has 0 spiro atoms. The van der Waals surface area contributed by atoms with Crippen LogP contribution < -0.4 is 22.1 Å². The molecule has 1 unspecified atom stereocenters. The smallest absolute Gasteiger partial charge is 0.408 e. The fraction of sp³-hybridized carbons (Fsp3) is 0.526. The van der Waals surface area contributed by atoms with Gasteiger partial charge in [-0.3, -0.25) is 9.59 Å². The van der Waals surface area contributed by atoms with Crippen LogP contribution in [0.3, 0.4) is 0 Å². The number of hydrogen-bond donors (Lipinski definition) is 4. The standard InChI is InChI=1S/C19H30N4O4/c1-19(2,3)27-18(26)23-15(16(21)24)9-4-5-10-22-17(25)14-8-6-7-13(11-14)12-20/h6-8,11,15H,4-5,9-10,12,20H2,1-3H3,(H2,21,24)(H,22,25)(H,23,26). The van der Waals surface area contributed by atoms with Gasteiger partial charge in [-0.1, -0.05) is 12.1 Å².